The normalized spacial score (nSPS) is 23.5. The molecule has 0 bridgehead atoms. The number of benzene rings is 3. The van der Waals surface area contributed by atoms with E-state index >= 15 is 0 Å². The van der Waals surface area contributed by atoms with Crippen molar-refractivity contribution in [1.29, 1.82) is 0 Å². The van der Waals surface area contributed by atoms with Crippen molar-refractivity contribution < 1.29 is 33.4 Å². The van der Waals surface area contributed by atoms with Crippen LogP contribution in [0.1, 0.15) is 32.4 Å². The minimum atomic E-state index is -2.15. The molecule has 2 saturated heterocycles. The van der Waals surface area contributed by atoms with Crippen molar-refractivity contribution in [2.75, 3.05) is 19.1 Å². The lowest BCUT2D eigenvalue weighted by Gasteiger charge is -2.27. The molecule has 3 aromatic carbocycles. The summed E-state index contributed by atoms with van der Waals surface area (Å²) in [5.74, 6) is -4.32. The Bertz CT molecular complexity index is 1460. The first-order valence-corrected chi connectivity index (χ1v) is 11.9. The molecule has 186 valence electrons. The number of Topliss-reactive ketones (excluding diaryl/α,β-unsaturated/α-hetero) is 2. The molecule has 2 heterocycles. The quantitative estimate of drug-likeness (QED) is 0.380. The third kappa shape index (κ3) is 3.06. The zero-order valence-electron chi connectivity index (χ0n) is 19.8. The number of methoxy groups -OCH3 is 2. The van der Waals surface area contributed by atoms with Crippen LogP contribution in [-0.2, 0) is 14.3 Å². The second kappa shape index (κ2) is 8.26. The number of imide groups is 1. The second-order valence-corrected chi connectivity index (χ2v) is 9.52. The van der Waals surface area contributed by atoms with Crippen LogP contribution in [0.25, 0.3) is 0 Å². The Balaban J connectivity index is 1.54. The summed E-state index contributed by atoms with van der Waals surface area (Å²) in [7, 11) is 2.89. The lowest BCUT2D eigenvalue weighted by Crippen LogP contribution is -2.51. The number of ether oxygens (including phenoxy) is 3. The Morgan fingerprint density at radius 3 is 2.08 bits per heavy atom. The first-order chi connectivity index (χ1) is 17.8. The maximum atomic E-state index is 14.1. The van der Waals surface area contributed by atoms with E-state index in [-0.39, 0.29) is 22.6 Å². The second-order valence-electron chi connectivity index (χ2n) is 9.08. The molecule has 1 spiro atoms. The van der Waals surface area contributed by atoms with Gasteiger partial charge in [0, 0.05) is 22.2 Å². The molecule has 3 aromatic rings. The third-order valence-electron chi connectivity index (χ3n) is 7.35. The average molecular weight is 518 g/mol. The van der Waals surface area contributed by atoms with E-state index in [1.54, 1.807) is 48.5 Å². The summed E-state index contributed by atoms with van der Waals surface area (Å²) < 4.78 is 17.0. The number of carbonyl (C=O) groups excluding carboxylic acids is 4. The number of ketones is 2. The highest BCUT2D eigenvalue weighted by molar-refractivity contribution is 6.37. The molecule has 3 atom stereocenters. The van der Waals surface area contributed by atoms with Crippen LogP contribution in [0, 0.1) is 11.8 Å². The molecule has 1 aliphatic carbocycles. The number of hydrogen-bond acceptors (Lipinski definition) is 7. The van der Waals surface area contributed by atoms with Gasteiger partial charge in [0.2, 0.25) is 29.0 Å². The average Bonchev–Trinajstić information content (AvgIpc) is 3.48. The van der Waals surface area contributed by atoms with E-state index in [0.29, 0.717) is 16.3 Å². The molecule has 3 aliphatic rings. The standard InChI is InChI=1S/C28H20ClNO7/c1-35-16-11-12-19(20(13-16)36-2)30-26(33)21-22(27(30)34)28(37-23(21)14-7-9-15(29)10-8-14)24(31)17-5-3-4-6-18(17)25(28)32/h3-13,21-23H,1-2H3/t21-,22+,23-/m1/s1. The zero-order chi connectivity index (χ0) is 26.1. The van der Waals surface area contributed by atoms with E-state index in [2.05, 4.69) is 0 Å². The van der Waals surface area contributed by atoms with Gasteiger partial charge >= 0.3 is 0 Å². The molecule has 6 rings (SSSR count). The van der Waals surface area contributed by atoms with Crippen molar-refractivity contribution in [1.82, 2.24) is 0 Å². The lowest BCUT2D eigenvalue weighted by molar-refractivity contribution is -0.127. The molecule has 9 heteroatoms. The van der Waals surface area contributed by atoms with Crippen molar-refractivity contribution >= 4 is 40.7 Å². The number of hydrogen-bond donors (Lipinski definition) is 0. The van der Waals surface area contributed by atoms with Crippen LogP contribution in [0.4, 0.5) is 5.69 Å². The SMILES string of the molecule is COc1ccc(N2C(=O)[C@H]3[C@@H](c4ccc(Cl)cc4)OC4(C(=O)c5ccccc5C4=O)[C@@H]3C2=O)c(OC)c1. The fourth-order valence-electron chi connectivity index (χ4n) is 5.68. The topological polar surface area (TPSA) is 99.2 Å². The van der Waals surface area contributed by atoms with Crippen LogP contribution in [0.3, 0.4) is 0 Å². The monoisotopic (exact) mass is 517 g/mol. The van der Waals surface area contributed by atoms with Crippen LogP contribution < -0.4 is 14.4 Å². The summed E-state index contributed by atoms with van der Waals surface area (Å²) in [5, 5.41) is 0.465. The van der Waals surface area contributed by atoms with Crippen molar-refractivity contribution in [3.63, 3.8) is 0 Å². The van der Waals surface area contributed by atoms with Crippen LogP contribution >= 0.6 is 11.6 Å². The van der Waals surface area contributed by atoms with E-state index in [9.17, 15) is 19.2 Å². The molecule has 0 saturated carbocycles. The predicted molar refractivity (Wildman–Crippen MR) is 132 cm³/mol. The summed E-state index contributed by atoms with van der Waals surface area (Å²) in [5.41, 5.74) is -1.10. The Morgan fingerprint density at radius 1 is 0.838 bits per heavy atom. The van der Waals surface area contributed by atoms with Crippen LogP contribution in [0.2, 0.25) is 5.02 Å². The predicted octanol–water partition coefficient (Wildman–Crippen LogP) is 4.05. The van der Waals surface area contributed by atoms with E-state index < -0.39 is 46.9 Å². The van der Waals surface area contributed by atoms with Crippen molar-refractivity contribution in [2.45, 2.75) is 11.7 Å². The molecule has 37 heavy (non-hydrogen) atoms. The number of anilines is 1. The van der Waals surface area contributed by atoms with Gasteiger partial charge in [0.25, 0.3) is 0 Å². The molecular weight excluding hydrogens is 498 g/mol. The van der Waals surface area contributed by atoms with E-state index in [4.69, 9.17) is 25.8 Å². The molecule has 0 radical (unpaired) electrons. The molecule has 2 amide bonds. The van der Waals surface area contributed by atoms with Gasteiger partial charge in [-0.05, 0) is 29.8 Å². The van der Waals surface area contributed by atoms with Gasteiger partial charge in [-0.2, -0.15) is 0 Å². The summed E-state index contributed by atoms with van der Waals surface area (Å²) in [4.78, 5) is 56.7. The van der Waals surface area contributed by atoms with Gasteiger partial charge in [-0.3, -0.25) is 19.2 Å². The van der Waals surface area contributed by atoms with Crippen LogP contribution in [-0.4, -0.2) is 43.2 Å². The summed E-state index contributed by atoms with van der Waals surface area (Å²) in [6.07, 6.45) is -1.03. The van der Waals surface area contributed by atoms with Gasteiger partial charge in [0.1, 0.15) is 11.5 Å². The summed E-state index contributed by atoms with van der Waals surface area (Å²) in [6.45, 7) is 0. The maximum absolute atomic E-state index is 14.1. The fourth-order valence-corrected chi connectivity index (χ4v) is 5.80. The van der Waals surface area contributed by atoms with E-state index in [1.807, 2.05) is 0 Å². The Kier molecular flexibility index (Phi) is 5.22. The molecule has 0 aromatic heterocycles. The van der Waals surface area contributed by atoms with Gasteiger partial charge in [0.05, 0.1) is 37.8 Å². The third-order valence-corrected chi connectivity index (χ3v) is 7.60. The van der Waals surface area contributed by atoms with Gasteiger partial charge in [-0.15, -0.1) is 0 Å². The van der Waals surface area contributed by atoms with Gasteiger partial charge < -0.3 is 14.2 Å². The lowest BCUT2D eigenvalue weighted by atomic mass is 9.77. The largest absolute Gasteiger partial charge is 0.497 e. The fraction of sp³-hybridized carbons (Fsp3) is 0.214. The van der Waals surface area contributed by atoms with E-state index in [1.165, 1.54) is 32.4 Å². The maximum Gasteiger partial charge on any atom is 0.241 e. The van der Waals surface area contributed by atoms with Crippen molar-refractivity contribution in [2.24, 2.45) is 11.8 Å². The zero-order valence-corrected chi connectivity index (χ0v) is 20.5. The van der Waals surface area contributed by atoms with E-state index in [0.717, 1.165) is 4.90 Å². The highest BCUT2D eigenvalue weighted by Crippen LogP contribution is 2.58. The Morgan fingerprint density at radius 2 is 1.49 bits per heavy atom. The number of amides is 2. The van der Waals surface area contributed by atoms with Gasteiger partial charge in [-0.1, -0.05) is 48.0 Å². The number of rotatable bonds is 4. The summed E-state index contributed by atoms with van der Waals surface area (Å²) >= 11 is 6.07. The first-order valence-electron chi connectivity index (χ1n) is 11.5. The molecule has 8 nitrogen and oxygen atoms in total. The van der Waals surface area contributed by atoms with Crippen LogP contribution in [0.5, 0.6) is 11.5 Å². The van der Waals surface area contributed by atoms with Crippen LogP contribution in [0.15, 0.2) is 66.7 Å². The number of fused-ring (bicyclic) bond motifs is 3. The number of carbonyl (C=O) groups is 4. The molecular formula is C28H20ClNO7. The summed E-state index contributed by atoms with van der Waals surface area (Å²) in [6, 6.07) is 17.6. The number of nitrogens with zero attached hydrogens (tertiary/aromatic N) is 1. The smallest absolute Gasteiger partial charge is 0.241 e. The Labute approximate surface area is 216 Å². The molecule has 2 fully saturated rings. The highest BCUT2D eigenvalue weighted by Gasteiger charge is 2.74. The Hall–Kier alpha value is -4.01. The molecule has 0 unspecified atom stereocenters. The van der Waals surface area contributed by atoms with Crippen molar-refractivity contribution in [3.05, 3.63) is 88.4 Å². The molecule has 2 aliphatic heterocycles. The number of halogens is 1. The minimum Gasteiger partial charge on any atom is -0.497 e. The van der Waals surface area contributed by atoms with Gasteiger partial charge in [-0.25, -0.2) is 4.90 Å². The minimum absolute atomic E-state index is 0.170. The van der Waals surface area contributed by atoms with Gasteiger partial charge in [0.15, 0.2) is 0 Å². The highest BCUT2D eigenvalue weighted by atomic mass is 35.5. The molecule has 0 N–H and O–H groups in total. The van der Waals surface area contributed by atoms with Crippen molar-refractivity contribution in [3.8, 4) is 11.5 Å². The first kappa shape index (κ1) is 23.4.